The van der Waals surface area contributed by atoms with Crippen LogP contribution in [0.4, 0.5) is 0 Å². The van der Waals surface area contributed by atoms with Crippen LogP contribution in [0.2, 0.25) is 0 Å². The van der Waals surface area contributed by atoms with Crippen LogP contribution in [0.3, 0.4) is 0 Å². The summed E-state index contributed by atoms with van der Waals surface area (Å²) in [6, 6.07) is 0.757. The third-order valence-electron chi connectivity index (χ3n) is 4.37. The number of rotatable bonds is 3. The molecule has 1 saturated heterocycles. The molecule has 3 nitrogen and oxygen atoms in total. The maximum atomic E-state index is 10.9. The first-order chi connectivity index (χ1) is 7.30. The van der Waals surface area contributed by atoms with Crippen molar-refractivity contribution in [3.63, 3.8) is 0 Å². The number of fused-ring (bicyclic) bond motifs is 2. The topological polar surface area (TPSA) is 47.5 Å². The fraction of sp³-hybridized carbons (Fsp3) is 0.923. The van der Waals surface area contributed by atoms with Gasteiger partial charge in [0, 0.05) is 18.3 Å². The van der Waals surface area contributed by atoms with E-state index in [0.29, 0.717) is 17.3 Å². The molecule has 1 saturated carbocycles. The van der Waals surface area contributed by atoms with Crippen molar-refractivity contribution in [1.29, 1.82) is 0 Å². The van der Waals surface area contributed by atoms with E-state index < -0.39 is 0 Å². The fourth-order valence-electron chi connectivity index (χ4n) is 4.33. The molecule has 1 unspecified atom stereocenters. The number of primary amides is 1. The zero-order valence-electron chi connectivity index (χ0n) is 10.8. The Labute approximate surface area is 98.4 Å². The lowest BCUT2D eigenvalue weighted by Crippen LogP contribution is -3.14. The molecule has 92 valence electrons. The molecule has 1 aliphatic carbocycles. The van der Waals surface area contributed by atoms with Crippen molar-refractivity contribution in [2.24, 2.45) is 16.6 Å². The Hall–Kier alpha value is -0.570. The highest BCUT2D eigenvalue weighted by atomic mass is 16.1. The number of nitrogens with two attached hydrogens (primary N) is 1. The van der Waals surface area contributed by atoms with E-state index in [1.54, 1.807) is 4.90 Å². The smallest absolute Gasteiger partial charge is 0.223 e. The molecule has 2 rings (SSSR count). The minimum atomic E-state index is -0.154. The van der Waals surface area contributed by atoms with E-state index in [4.69, 9.17) is 5.73 Å². The lowest BCUT2D eigenvalue weighted by atomic mass is 9.65. The van der Waals surface area contributed by atoms with Gasteiger partial charge in [-0.3, -0.25) is 4.79 Å². The van der Waals surface area contributed by atoms with E-state index in [0.717, 1.165) is 12.6 Å². The molecule has 0 aromatic rings. The van der Waals surface area contributed by atoms with Gasteiger partial charge in [0.1, 0.15) is 0 Å². The number of likely N-dealkylation sites (tertiary alicyclic amines) is 1. The third-order valence-corrected chi connectivity index (χ3v) is 4.37. The molecular formula is C13H25N2O+. The third kappa shape index (κ3) is 2.40. The molecule has 0 radical (unpaired) electrons. The van der Waals surface area contributed by atoms with Crippen LogP contribution in [0, 0.1) is 10.8 Å². The summed E-state index contributed by atoms with van der Waals surface area (Å²) in [5, 5.41) is 0. The minimum Gasteiger partial charge on any atom is -0.369 e. The van der Waals surface area contributed by atoms with Crippen molar-refractivity contribution >= 4 is 5.91 Å². The van der Waals surface area contributed by atoms with E-state index in [2.05, 4.69) is 20.8 Å². The van der Waals surface area contributed by atoms with Crippen molar-refractivity contribution in [2.45, 2.75) is 52.5 Å². The zero-order valence-corrected chi connectivity index (χ0v) is 10.8. The second-order valence-electron chi connectivity index (χ2n) is 7.06. The minimum absolute atomic E-state index is 0.154. The van der Waals surface area contributed by atoms with E-state index in [1.807, 2.05) is 0 Å². The Kier molecular flexibility index (Phi) is 2.77. The summed E-state index contributed by atoms with van der Waals surface area (Å²) in [5.74, 6) is -0.154. The standard InChI is InChI=1S/C13H24N2O/c1-12(2)6-10-7-13(3,8-12)9-15(10)5-4-11(14)16/h10H,4-9H2,1-3H3,(H2,14,16)/p+1/t10-,13-/m0/s1. The van der Waals surface area contributed by atoms with E-state index in [1.165, 1.54) is 25.8 Å². The molecule has 1 aliphatic heterocycles. The van der Waals surface area contributed by atoms with Crippen LogP contribution in [0.1, 0.15) is 46.5 Å². The Morgan fingerprint density at radius 2 is 2.06 bits per heavy atom. The molecule has 1 heterocycles. The second-order valence-corrected chi connectivity index (χ2v) is 7.06. The molecule has 1 amide bonds. The highest BCUT2D eigenvalue weighted by molar-refractivity contribution is 5.73. The Morgan fingerprint density at radius 3 is 2.69 bits per heavy atom. The van der Waals surface area contributed by atoms with Crippen molar-refractivity contribution in [1.82, 2.24) is 0 Å². The number of carbonyl (C=O) groups excluding carboxylic acids is 1. The van der Waals surface area contributed by atoms with Crippen molar-refractivity contribution in [3.8, 4) is 0 Å². The van der Waals surface area contributed by atoms with Gasteiger partial charge in [-0.1, -0.05) is 20.8 Å². The summed E-state index contributed by atoms with van der Waals surface area (Å²) in [7, 11) is 0. The SMILES string of the molecule is CC1(C)C[C@H]2C[C@](C)(C[NH+]2CCC(N)=O)C1. The van der Waals surface area contributed by atoms with Crippen LogP contribution < -0.4 is 10.6 Å². The quantitative estimate of drug-likeness (QED) is 0.715. The van der Waals surface area contributed by atoms with Crippen molar-refractivity contribution < 1.29 is 9.69 Å². The number of quaternary nitrogens is 1. The first kappa shape index (κ1) is 11.9. The first-order valence-corrected chi connectivity index (χ1v) is 6.43. The molecule has 2 fully saturated rings. The van der Waals surface area contributed by atoms with Gasteiger partial charge in [0.05, 0.1) is 25.6 Å². The fourth-order valence-corrected chi connectivity index (χ4v) is 4.33. The summed E-state index contributed by atoms with van der Waals surface area (Å²) in [6.07, 6.45) is 4.51. The van der Waals surface area contributed by atoms with Crippen molar-refractivity contribution in [3.05, 3.63) is 0 Å². The predicted molar refractivity (Wildman–Crippen MR) is 64.0 cm³/mol. The van der Waals surface area contributed by atoms with E-state index in [-0.39, 0.29) is 5.91 Å². The van der Waals surface area contributed by atoms with Gasteiger partial charge in [0.25, 0.3) is 0 Å². The number of hydrogen-bond acceptors (Lipinski definition) is 1. The van der Waals surface area contributed by atoms with Gasteiger partial charge < -0.3 is 10.6 Å². The molecule has 0 aromatic carbocycles. The number of amides is 1. The average Bonchev–Trinajstić information content (AvgIpc) is 2.31. The summed E-state index contributed by atoms with van der Waals surface area (Å²) in [4.78, 5) is 12.5. The van der Waals surface area contributed by atoms with Gasteiger partial charge in [0.15, 0.2) is 0 Å². The zero-order chi connectivity index (χ0) is 12.0. The summed E-state index contributed by atoms with van der Waals surface area (Å²) >= 11 is 0. The first-order valence-electron chi connectivity index (χ1n) is 6.43. The van der Waals surface area contributed by atoms with Gasteiger partial charge in [0.2, 0.25) is 5.91 Å². The van der Waals surface area contributed by atoms with Gasteiger partial charge in [-0.15, -0.1) is 0 Å². The second kappa shape index (κ2) is 3.73. The number of hydrogen-bond donors (Lipinski definition) is 2. The summed E-state index contributed by atoms with van der Waals surface area (Å²) < 4.78 is 0. The van der Waals surface area contributed by atoms with Crippen LogP contribution in [0.25, 0.3) is 0 Å². The summed E-state index contributed by atoms with van der Waals surface area (Å²) in [5.41, 5.74) is 6.22. The molecule has 2 aliphatic rings. The average molecular weight is 225 g/mol. The highest BCUT2D eigenvalue weighted by Gasteiger charge is 2.52. The van der Waals surface area contributed by atoms with E-state index in [9.17, 15) is 4.79 Å². The van der Waals surface area contributed by atoms with Gasteiger partial charge >= 0.3 is 0 Å². The lowest BCUT2D eigenvalue weighted by molar-refractivity contribution is -0.914. The van der Waals surface area contributed by atoms with Crippen LogP contribution >= 0.6 is 0 Å². The Morgan fingerprint density at radius 1 is 1.38 bits per heavy atom. The molecule has 0 spiro atoms. The molecule has 3 N–H and O–H groups in total. The Bertz CT molecular complexity index is 300. The molecule has 3 heteroatoms. The predicted octanol–water partition coefficient (Wildman–Crippen LogP) is 0.345. The molecule has 2 bridgehead atoms. The monoisotopic (exact) mass is 225 g/mol. The van der Waals surface area contributed by atoms with Crippen LogP contribution in [0.5, 0.6) is 0 Å². The lowest BCUT2D eigenvalue weighted by Gasteiger charge is -2.37. The van der Waals surface area contributed by atoms with Gasteiger partial charge in [-0.2, -0.15) is 0 Å². The Balaban J connectivity index is 2.02. The maximum absolute atomic E-state index is 10.9. The number of carbonyl (C=O) groups is 1. The van der Waals surface area contributed by atoms with Crippen molar-refractivity contribution in [2.75, 3.05) is 13.1 Å². The normalized spacial score (nSPS) is 40.9. The largest absolute Gasteiger partial charge is 0.369 e. The number of nitrogens with one attached hydrogen (secondary N) is 1. The van der Waals surface area contributed by atoms with Gasteiger partial charge in [-0.05, 0) is 11.8 Å². The van der Waals surface area contributed by atoms with Crippen LogP contribution in [0.15, 0.2) is 0 Å². The molecular weight excluding hydrogens is 200 g/mol. The van der Waals surface area contributed by atoms with Crippen LogP contribution in [-0.2, 0) is 4.79 Å². The highest BCUT2D eigenvalue weighted by Crippen LogP contribution is 2.47. The van der Waals surface area contributed by atoms with Gasteiger partial charge in [-0.25, -0.2) is 0 Å². The summed E-state index contributed by atoms with van der Waals surface area (Å²) in [6.45, 7) is 9.35. The molecule has 3 atom stereocenters. The van der Waals surface area contributed by atoms with Crippen LogP contribution in [-0.4, -0.2) is 25.0 Å². The maximum Gasteiger partial charge on any atom is 0.223 e. The van der Waals surface area contributed by atoms with E-state index >= 15 is 0 Å². The molecule has 0 aromatic heterocycles. The molecule has 16 heavy (non-hydrogen) atoms.